The number of nitrogens with one attached hydrogen (secondary N) is 1. The van der Waals surface area contributed by atoms with E-state index in [0.717, 1.165) is 12.8 Å². The predicted octanol–water partition coefficient (Wildman–Crippen LogP) is 1.99. The number of carbonyl (C=O) groups is 1. The highest BCUT2D eigenvalue weighted by atomic mass is 35.7. The summed E-state index contributed by atoms with van der Waals surface area (Å²) in [5, 5.41) is 2.82. The van der Waals surface area contributed by atoms with Crippen molar-refractivity contribution in [3.05, 3.63) is 0 Å². The smallest absolute Gasteiger partial charge is 0.407 e. The molecule has 116 valence electrons. The minimum absolute atomic E-state index is 0.0583. The molecule has 0 aromatic rings. The van der Waals surface area contributed by atoms with Crippen LogP contribution in [0.2, 0.25) is 0 Å². The third-order valence-electron chi connectivity index (χ3n) is 3.64. The van der Waals surface area contributed by atoms with Gasteiger partial charge in [0.05, 0.1) is 0 Å². The van der Waals surface area contributed by atoms with Gasteiger partial charge in [0, 0.05) is 28.8 Å². The molecule has 0 aromatic carbocycles. The topological polar surface area (TPSA) is 75.7 Å². The highest BCUT2D eigenvalue weighted by Gasteiger charge is 2.46. The lowest BCUT2D eigenvalue weighted by atomic mass is 10.00. The second-order valence-corrected chi connectivity index (χ2v) is 8.89. The molecule has 1 unspecified atom stereocenters. The highest BCUT2D eigenvalue weighted by molar-refractivity contribution is 8.11. The molecule has 1 amide bonds. The first-order valence-corrected chi connectivity index (χ1v) is 9.05. The number of hydrogen-bond acceptors (Lipinski definition) is 4. The summed E-state index contributed by atoms with van der Waals surface area (Å²) in [4.78, 5) is 11.7. The van der Waals surface area contributed by atoms with Gasteiger partial charge in [0.15, 0.2) is 0 Å². The van der Waals surface area contributed by atoms with Gasteiger partial charge >= 0.3 is 6.09 Å². The fourth-order valence-electron chi connectivity index (χ4n) is 3.08. The maximum Gasteiger partial charge on any atom is 0.407 e. The van der Waals surface area contributed by atoms with E-state index in [9.17, 15) is 13.2 Å². The standard InChI is InChI=1S/C12H21ClN2O4S/c1-12(2,3)19-11(16)14-8-6-9-4-5-10(7-8)15(9)20(13,17)18/h8-10H,4-7H2,1-3H3,(H,14,16)/t8?,9-,10+. The number of ether oxygens (including phenoxy) is 1. The van der Waals surface area contributed by atoms with E-state index in [1.807, 2.05) is 0 Å². The maximum absolute atomic E-state index is 11.7. The quantitative estimate of drug-likeness (QED) is 0.788. The first kappa shape index (κ1) is 15.9. The number of hydrogen-bond donors (Lipinski definition) is 1. The van der Waals surface area contributed by atoms with E-state index in [0.29, 0.717) is 12.8 Å². The van der Waals surface area contributed by atoms with Gasteiger partial charge in [-0.15, -0.1) is 0 Å². The normalized spacial score (nSPS) is 31.1. The van der Waals surface area contributed by atoms with E-state index in [1.54, 1.807) is 20.8 Å². The predicted molar refractivity (Wildman–Crippen MR) is 75.8 cm³/mol. The molecule has 20 heavy (non-hydrogen) atoms. The summed E-state index contributed by atoms with van der Waals surface area (Å²) in [5.74, 6) is 0. The van der Waals surface area contributed by atoms with Crippen molar-refractivity contribution in [2.45, 2.75) is 70.2 Å². The van der Waals surface area contributed by atoms with Crippen molar-refractivity contribution in [2.24, 2.45) is 0 Å². The first-order chi connectivity index (χ1) is 9.06. The van der Waals surface area contributed by atoms with Crippen molar-refractivity contribution in [3.8, 4) is 0 Å². The largest absolute Gasteiger partial charge is 0.444 e. The Morgan fingerprint density at radius 2 is 1.75 bits per heavy atom. The fourth-order valence-corrected chi connectivity index (χ4v) is 4.85. The third kappa shape index (κ3) is 3.77. The second kappa shape index (κ2) is 5.35. The lowest BCUT2D eigenvalue weighted by molar-refractivity contribution is 0.0477. The van der Waals surface area contributed by atoms with Crippen molar-refractivity contribution < 1.29 is 17.9 Å². The molecular formula is C12H21ClN2O4S. The molecule has 3 atom stereocenters. The summed E-state index contributed by atoms with van der Waals surface area (Å²) in [6.45, 7) is 5.41. The van der Waals surface area contributed by atoms with Crippen molar-refractivity contribution in [2.75, 3.05) is 0 Å². The zero-order valence-corrected chi connectivity index (χ0v) is 13.5. The third-order valence-corrected chi connectivity index (χ3v) is 5.22. The van der Waals surface area contributed by atoms with Crippen LogP contribution in [0.5, 0.6) is 0 Å². The molecule has 0 spiro atoms. The monoisotopic (exact) mass is 324 g/mol. The molecule has 0 saturated carbocycles. The van der Waals surface area contributed by atoms with Crippen LogP contribution in [0.4, 0.5) is 4.79 Å². The second-order valence-electron chi connectivity index (χ2n) is 6.47. The molecule has 2 rings (SSSR count). The van der Waals surface area contributed by atoms with Gasteiger partial charge in [0.2, 0.25) is 0 Å². The Kier molecular flexibility index (Phi) is 4.24. The van der Waals surface area contributed by atoms with Crippen molar-refractivity contribution >= 4 is 26.0 Å². The number of alkyl carbamates (subject to hydrolysis) is 1. The van der Waals surface area contributed by atoms with Crippen molar-refractivity contribution in [3.63, 3.8) is 0 Å². The Morgan fingerprint density at radius 3 is 2.15 bits per heavy atom. The fraction of sp³-hybridized carbons (Fsp3) is 0.917. The van der Waals surface area contributed by atoms with E-state index >= 15 is 0 Å². The average molecular weight is 325 g/mol. The van der Waals surface area contributed by atoms with Crippen molar-refractivity contribution in [1.29, 1.82) is 0 Å². The van der Waals surface area contributed by atoms with Crippen molar-refractivity contribution in [1.82, 2.24) is 9.62 Å². The zero-order valence-electron chi connectivity index (χ0n) is 11.9. The number of piperidine rings is 1. The van der Waals surface area contributed by atoms with Crippen LogP contribution in [0.25, 0.3) is 0 Å². The summed E-state index contributed by atoms with van der Waals surface area (Å²) in [6.07, 6.45) is 2.30. The van der Waals surface area contributed by atoms with Gasteiger partial charge in [0.25, 0.3) is 9.24 Å². The van der Waals surface area contributed by atoms with Gasteiger partial charge in [-0.1, -0.05) is 0 Å². The zero-order chi connectivity index (χ0) is 15.1. The minimum Gasteiger partial charge on any atom is -0.444 e. The SMILES string of the molecule is CC(C)(C)OC(=O)NC1C[C@H]2CC[C@@H](C1)N2S(=O)(=O)Cl. The molecule has 0 radical (unpaired) electrons. The van der Waals surface area contributed by atoms with Gasteiger partial charge < -0.3 is 10.1 Å². The van der Waals surface area contributed by atoms with E-state index in [2.05, 4.69) is 5.32 Å². The van der Waals surface area contributed by atoms with E-state index in [-0.39, 0.29) is 18.1 Å². The molecule has 2 aliphatic rings. The van der Waals surface area contributed by atoms with Crippen LogP contribution >= 0.6 is 10.7 Å². The molecule has 0 aliphatic carbocycles. The van der Waals surface area contributed by atoms with Gasteiger partial charge in [-0.05, 0) is 46.5 Å². The van der Waals surface area contributed by atoms with Crippen LogP contribution in [-0.2, 0) is 14.0 Å². The lowest BCUT2D eigenvalue weighted by Crippen LogP contribution is -2.51. The number of nitrogens with zero attached hydrogens (tertiary/aromatic N) is 1. The minimum atomic E-state index is -3.68. The Balaban J connectivity index is 1.95. The van der Waals surface area contributed by atoms with E-state index in [1.165, 1.54) is 4.31 Å². The van der Waals surface area contributed by atoms with E-state index < -0.39 is 20.9 Å². The molecule has 2 heterocycles. The molecule has 2 aliphatic heterocycles. The Morgan fingerprint density at radius 1 is 1.25 bits per heavy atom. The van der Waals surface area contributed by atoms with Crippen LogP contribution in [-0.4, -0.2) is 42.5 Å². The number of rotatable bonds is 2. The Labute approximate surface area is 124 Å². The molecule has 8 heteroatoms. The van der Waals surface area contributed by atoms with Crippen LogP contribution in [0.15, 0.2) is 0 Å². The summed E-state index contributed by atoms with van der Waals surface area (Å²) < 4.78 is 29.7. The molecule has 2 fully saturated rings. The molecule has 2 bridgehead atoms. The van der Waals surface area contributed by atoms with Crippen LogP contribution in [0.3, 0.4) is 0 Å². The van der Waals surface area contributed by atoms with Gasteiger partial charge in [-0.25, -0.2) is 4.79 Å². The molecule has 2 saturated heterocycles. The average Bonchev–Trinajstić information content (AvgIpc) is 2.48. The Hall–Kier alpha value is -0.530. The molecule has 6 nitrogen and oxygen atoms in total. The molecule has 1 N–H and O–H groups in total. The summed E-state index contributed by atoms with van der Waals surface area (Å²) in [5.41, 5.74) is -0.538. The maximum atomic E-state index is 11.7. The number of carbonyl (C=O) groups excluding carboxylic acids is 1. The molecular weight excluding hydrogens is 304 g/mol. The first-order valence-electron chi connectivity index (χ1n) is 6.79. The Bertz CT molecular complexity index is 474. The lowest BCUT2D eigenvalue weighted by Gasteiger charge is -2.36. The van der Waals surface area contributed by atoms with Gasteiger partial charge in [0.1, 0.15) is 5.60 Å². The highest BCUT2D eigenvalue weighted by Crippen LogP contribution is 2.38. The number of amides is 1. The summed E-state index contributed by atoms with van der Waals surface area (Å²) in [7, 11) is 1.79. The van der Waals surface area contributed by atoms with Crippen LogP contribution in [0.1, 0.15) is 46.5 Å². The van der Waals surface area contributed by atoms with Gasteiger partial charge in [-0.3, -0.25) is 0 Å². The number of halogens is 1. The summed E-state index contributed by atoms with van der Waals surface area (Å²) >= 11 is 0. The van der Waals surface area contributed by atoms with Gasteiger partial charge in [-0.2, -0.15) is 12.7 Å². The van der Waals surface area contributed by atoms with Crippen LogP contribution in [0, 0.1) is 0 Å². The number of fused-ring (bicyclic) bond motifs is 2. The van der Waals surface area contributed by atoms with E-state index in [4.69, 9.17) is 15.4 Å². The van der Waals surface area contributed by atoms with Crippen LogP contribution < -0.4 is 5.32 Å². The summed E-state index contributed by atoms with van der Waals surface area (Å²) in [6, 6.07) is -0.288. The molecule has 0 aromatic heterocycles.